The van der Waals surface area contributed by atoms with E-state index in [1.54, 1.807) is 6.20 Å². The molecule has 1 aliphatic heterocycles. The number of piperidine rings is 1. The van der Waals surface area contributed by atoms with Gasteiger partial charge in [-0.3, -0.25) is 0 Å². The lowest BCUT2D eigenvalue weighted by molar-refractivity contribution is 0.230. The average molecular weight is 212 g/mol. The molecule has 0 bridgehead atoms. The number of rotatable bonds is 3. The number of nitrogens with one attached hydrogen (secondary N) is 1. The Labute approximate surface area is 88.5 Å². The highest BCUT2D eigenvalue weighted by molar-refractivity contribution is 7.09. The van der Waals surface area contributed by atoms with E-state index in [2.05, 4.69) is 26.7 Å². The Bertz CT molecular complexity index is 254. The maximum absolute atomic E-state index is 3.84. The van der Waals surface area contributed by atoms with Gasteiger partial charge in [0.15, 0.2) is 0 Å². The maximum atomic E-state index is 3.84. The highest BCUT2D eigenvalue weighted by atomic mass is 32.1. The van der Waals surface area contributed by atoms with Crippen LogP contribution in [-0.4, -0.2) is 40.2 Å². The molecule has 0 radical (unpaired) electrons. The van der Waals surface area contributed by atoms with Crippen molar-refractivity contribution >= 4 is 16.5 Å². The van der Waals surface area contributed by atoms with Crippen molar-refractivity contribution in [3.05, 3.63) is 6.20 Å². The van der Waals surface area contributed by atoms with Gasteiger partial charge in [-0.15, -0.1) is 5.10 Å². The minimum atomic E-state index is 0.611. The van der Waals surface area contributed by atoms with Crippen LogP contribution in [0.5, 0.6) is 0 Å². The summed E-state index contributed by atoms with van der Waals surface area (Å²) in [7, 11) is 0. The third kappa shape index (κ3) is 2.42. The van der Waals surface area contributed by atoms with Crippen molar-refractivity contribution in [1.29, 1.82) is 0 Å². The molecule has 2 rings (SSSR count). The molecule has 0 unspecified atom stereocenters. The highest BCUT2D eigenvalue weighted by Crippen LogP contribution is 2.17. The van der Waals surface area contributed by atoms with E-state index in [1.807, 2.05) is 0 Å². The van der Waals surface area contributed by atoms with E-state index in [9.17, 15) is 0 Å². The van der Waals surface area contributed by atoms with Crippen molar-refractivity contribution in [2.45, 2.75) is 25.8 Å². The van der Waals surface area contributed by atoms with E-state index >= 15 is 0 Å². The molecule has 1 aromatic rings. The zero-order chi connectivity index (χ0) is 9.80. The van der Waals surface area contributed by atoms with Gasteiger partial charge in [0.2, 0.25) is 0 Å². The molecule has 0 aliphatic carbocycles. The Hall–Kier alpha value is -0.680. The summed E-state index contributed by atoms with van der Waals surface area (Å²) in [5.74, 6) is 0. The fourth-order valence-corrected chi connectivity index (χ4v) is 2.32. The lowest BCUT2D eigenvalue weighted by Crippen LogP contribution is -2.38. The van der Waals surface area contributed by atoms with Gasteiger partial charge in [-0.25, -0.2) is 0 Å². The van der Waals surface area contributed by atoms with Crippen molar-refractivity contribution in [2.75, 3.05) is 25.0 Å². The molecule has 1 aliphatic rings. The van der Waals surface area contributed by atoms with Gasteiger partial charge in [0, 0.05) is 30.7 Å². The SMILES string of the molecule is CCN1CCC(Nc2cnns2)CC1. The van der Waals surface area contributed by atoms with Gasteiger partial charge in [-0.2, -0.15) is 0 Å². The van der Waals surface area contributed by atoms with E-state index in [4.69, 9.17) is 0 Å². The molecule has 1 fully saturated rings. The molecule has 5 heteroatoms. The Balaban J connectivity index is 1.79. The number of anilines is 1. The number of likely N-dealkylation sites (tertiary alicyclic amines) is 1. The van der Waals surface area contributed by atoms with Crippen LogP contribution in [0.15, 0.2) is 6.20 Å². The summed E-state index contributed by atoms with van der Waals surface area (Å²) in [6.07, 6.45) is 4.26. The van der Waals surface area contributed by atoms with Crippen LogP contribution >= 0.6 is 11.5 Å². The van der Waals surface area contributed by atoms with Crippen LogP contribution in [0.3, 0.4) is 0 Å². The van der Waals surface area contributed by atoms with Gasteiger partial charge in [-0.05, 0) is 19.4 Å². The normalized spacial score (nSPS) is 19.8. The van der Waals surface area contributed by atoms with Crippen LogP contribution < -0.4 is 5.32 Å². The van der Waals surface area contributed by atoms with Crippen LogP contribution in [0.2, 0.25) is 0 Å². The first-order valence-corrected chi connectivity index (χ1v) is 5.92. The predicted molar refractivity (Wildman–Crippen MR) is 58.7 cm³/mol. The van der Waals surface area contributed by atoms with Crippen molar-refractivity contribution in [2.24, 2.45) is 0 Å². The summed E-state index contributed by atoms with van der Waals surface area (Å²) in [4.78, 5) is 2.49. The second kappa shape index (κ2) is 4.70. The molecule has 1 saturated heterocycles. The molecule has 0 aromatic carbocycles. The quantitative estimate of drug-likeness (QED) is 0.823. The van der Waals surface area contributed by atoms with Gasteiger partial charge in [-0.1, -0.05) is 11.4 Å². The third-order valence-electron chi connectivity index (χ3n) is 2.74. The summed E-state index contributed by atoms with van der Waals surface area (Å²) >= 11 is 1.44. The highest BCUT2D eigenvalue weighted by Gasteiger charge is 2.17. The standard InChI is InChI=1S/C9H16N4S/c1-2-13-5-3-8(4-6-13)11-9-7-10-12-14-9/h7-8,11H,2-6H2,1H3. The summed E-state index contributed by atoms with van der Waals surface area (Å²) < 4.78 is 3.84. The third-order valence-corrected chi connectivity index (χ3v) is 3.34. The van der Waals surface area contributed by atoms with Crippen molar-refractivity contribution < 1.29 is 0 Å². The first kappa shape index (κ1) is 9.86. The number of nitrogens with zero attached hydrogens (tertiary/aromatic N) is 3. The summed E-state index contributed by atoms with van der Waals surface area (Å²) in [5.41, 5.74) is 0. The van der Waals surface area contributed by atoms with Crippen LogP contribution in [0.4, 0.5) is 5.00 Å². The van der Waals surface area contributed by atoms with Crippen molar-refractivity contribution in [3.63, 3.8) is 0 Å². The van der Waals surface area contributed by atoms with Crippen LogP contribution in [0.25, 0.3) is 0 Å². The van der Waals surface area contributed by atoms with Crippen LogP contribution in [0, 0.1) is 0 Å². The molecular weight excluding hydrogens is 196 g/mol. The second-order valence-corrected chi connectivity index (χ2v) is 4.42. The Morgan fingerprint density at radius 3 is 2.93 bits per heavy atom. The van der Waals surface area contributed by atoms with Gasteiger partial charge < -0.3 is 10.2 Å². The summed E-state index contributed by atoms with van der Waals surface area (Å²) in [6, 6.07) is 0.611. The Morgan fingerprint density at radius 2 is 2.36 bits per heavy atom. The van der Waals surface area contributed by atoms with Crippen LogP contribution in [-0.2, 0) is 0 Å². The van der Waals surface area contributed by atoms with Gasteiger partial charge in [0.1, 0.15) is 5.00 Å². The maximum Gasteiger partial charge on any atom is 0.130 e. The summed E-state index contributed by atoms with van der Waals surface area (Å²) in [6.45, 7) is 5.82. The van der Waals surface area contributed by atoms with Gasteiger partial charge >= 0.3 is 0 Å². The number of hydrogen-bond acceptors (Lipinski definition) is 5. The smallest absolute Gasteiger partial charge is 0.130 e. The summed E-state index contributed by atoms with van der Waals surface area (Å²) in [5, 5.41) is 8.38. The number of hydrogen-bond donors (Lipinski definition) is 1. The molecule has 0 atom stereocenters. The zero-order valence-corrected chi connectivity index (χ0v) is 9.26. The Morgan fingerprint density at radius 1 is 1.57 bits per heavy atom. The molecule has 0 spiro atoms. The van der Waals surface area contributed by atoms with Gasteiger partial charge in [0.25, 0.3) is 0 Å². The fraction of sp³-hybridized carbons (Fsp3) is 0.778. The lowest BCUT2D eigenvalue weighted by atomic mass is 10.1. The Kier molecular flexibility index (Phi) is 3.31. The molecule has 14 heavy (non-hydrogen) atoms. The predicted octanol–water partition coefficient (Wildman–Crippen LogP) is 1.43. The first-order chi connectivity index (χ1) is 6.88. The minimum Gasteiger partial charge on any atom is -0.372 e. The minimum absolute atomic E-state index is 0.611. The van der Waals surface area contributed by atoms with Crippen molar-refractivity contribution in [3.8, 4) is 0 Å². The van der Waals surface area contributed by atoms with Crippen LogP contribution in [0.1, 0.15) is 19.8 Å². The van der Waals surface area contributed by atoms with E-state index in [1.165, 1.54) is 44.0 Å². The largest absolute Gasteiger partial charge is 0.372 e. The molecule has 1 N–H and O–H groups in total. The van der Waals surface area contributed by atoms with E-state index in [0.717, 1.165) is 5.00 Å². The molecule has 78 valence electrons. The zero-order valence-electron chi connectivity index (χ0n) is 8.44. The monoisotopic (exact) mass is 212 g/mol. The van der Waals surface area contributed by atoms with Crippen molar-refractivity contribution in [1.82, 2.24) is 14.5 Å². The average Bonchev–Trinajstić information content (AvgIpc) is 2.72. The van der Waals surface area contributed by atoms with Gasteiger partial charge in [0.05, 0.1) is 6.20 Å². The van der Waals surface area contributed by atoms with E-state index in [-0.39, 0.29) is 0 Å². The first-order valence-electron chi connectivity index (χ1n) is 5.14. The molecule has 1 aromatic heterocycles. The topological polar surface area (TPSA) is 41.0 Å². The molecule has 2 heterocycles. The van der Waals surface area contributed by atoms with E-state index in [0.29, 0.717) is 6.04 Å². The fourth-order valence-electron chi connectivity index (χ4n) is 1.83. The molecule has 4 nitrogen and oxygen atoms in total. The molecular formula is C9H16N4S. The van der Waals surface area contributed by atoms with E-state index < -0.39 is 0 Å². The number of aromatic nitrogens is 2. The molecule has 0 saturated carbocycles. The molecule has 0 amide bonds. The lowest BCUT2D eigenvalue weighted by Gasteiger charge is -2.31. The second-order valence-electron chi connectivity index (χ2n) is 3.63.